The zero-order valence-corrected chi connectivity index (χ0v) is 13.4. The molecule has 0 aliphatic heterocycles. The Bertz CT molecular complexity index is 762. The quantitative estimate of drug-likeness (QED) is 0.912. The lowest BCUT2D eigenvalue weighted by molar-refractivity contribution is 0.0810. The van der Waals surface area contributed by atoms with Crippen LogP contribution in [0.25, 0.3) is 11.1 Å². The van der Waals surface area contributed by atoms with Crippen LogP contribution >= 0.6 is 0 Å². The Labute approximate surface area is 136 Å². The first-order chi connectivity index (χ1) is 10.8. The van der Waals surface area contributed by atoms with Crippen LogP contribution in [0.2, 0.25) is 0 Å². The third-order valence-corrected chi connectivity index (χ3v) is 4.39. The van der Waals surface area contributed by atoms with Crippen molar-refractivity contribution in [3.05, 3.63) is 59.4 Å². The van der Waals surface area contributed by atoms with Crippen molar-refractivity contribution in [2.24, 2.45) is 0 Å². The minimum atomic E-state index is -0.760. The van der Waals surface area contributed by atoms with Crippen molar-refractivity contribution >= 4 is 0 Å². The molecule has 2 aromatic rings. The molecule has 3 heteroatoms. The molecule has 0 bridgehead atoms. The summed E-state index contributed by atoms with van der Waals surface area (Å²) in [5.74, 6) is -0.292. The third-order valence-electron chi connectivity index (χ3n) is 4.39. The lowest BCUT2D eigenvalue weighted by Gasteiger charge is -2.17. The summed E-state index contributed by atoms with van der Waals surface area (Å²) in [5, 5.41) is 19.1. The molecule has 1 aliphatic carbocycles. The van der Waals surface area contributed by atoms with Gasteiger partial charge in [0.05, 0.1) is 17.1 Å². The molecule has 2 aromatic carbocycles. The Morgan fingerprint density at radius 3 is 2.30 bits per heavy atom. The molecule has 23 heavy (non-hydrogen) atoms. The summed E-state index contributed by atoms with van der Waals surface area (Å²) >= 11 is 0. The first kappa shape index (κ1) is 15.7. The molecule has 0 radical (unpaired) electrons. The molecule has 1 fully saturated rings. The smallest absolute Gasteiger partial charge is 0.131 e. The number of rotatable bonds is 4. The van der Waals surface area contributed by atoms with Gasteiger partial charge in [0.2, 0.25) is 0 Å². The third kappa shape index (κ3) is 3.28. The molecular formula is C20H20FNO. The van der Waals surface area contributed by atoms with E-state index in [4.69, 9.17) is 0 Å². The van der Waals surface area contributed by atoms with Crippen LogP contribution in [0.1, 0.15) is 37.8 Å². The van der Waals surface area contributed by atoms with Gasteiger partial charge < -0.3 is 5.11 Å². The lowest BCUT2D eigenvalue weighted by atomic mass is 9.93. The zero-order valence-electron chi connectivity index (χ0n) is 13.4. The van der Waals surface area contributed by atoms with E-state index in [2.05, 4.69) is 6.07 Å². The molecule has 118 valence electrons. The number of nitriles is 1. The van der Waals surface area contributed by atoms with Crippen LogP contribution < -0.4 is 0 Å². The van der Waals surface area contributed by atoms with Gasteiger partial charge in [-0.3, -0.25) is 0 Å². The Morgan fingerprint density at radius 1 is 1.17 bits per heavy atom. The molecule has 0 spiro atoms. The van der Waals surface area contributed by atoms with Gasteiger partial charge in [0, 0.05) is 12.0 Å². The van der Waals surface area contributed by atoms with Crippen LogP contribution in [-0.4, -0.2) is 10.7 Å². The summed E-state index contributed by atoms with van der Waals surface area (Å²) in [7, 11) is 0. The number of nitrogens with zero attached hydrogens (tertiary/aromatic N) is 1. The Morgan fingerprint density at radius 2 is 1.83 bits per heavy atom. The maximum absolute atomic E-state index is 14.5. The highest BCUT2D eigenvalue weighted by Crippen LogP contribution is 2.48. The van der Waals surface area contributed by atoms with Crippen LogP contribution in [0.5, 0.6) is 0 Å². The number of halogens is 1. The van der Waals surface area contributed by atoms with Gasteiger partial charge in [-0.1, -0.05) is 36.4 Å². The highest BCUT2D eigenvalue weighted by molar-refractivity contribution is 5.65. The van der Waals surface area contributed by atoms with Crippen molar-refractivity contribution in [3.8, 4) is 17.2 Å². The monoisotopic (exact) mass is 309 g/mol. The minimum Gasteiger partial charge on any atom is -0.390 e. The van der Waals surface area contributed by atoms with Crippen molar-refractivity contribution in [2.75, 3.05) is 0 Å². The van der Waals surface area contributed by atoms with E-state index in [1.54, 1.807) is 19.9 Å². The second-order valence-corrected chi connectivity index (χ2v) is 7.07. The van der Waals surface area contributed by atoms with Gasteiger partial charge in [-0.05, 0) is 49.4 Å². The van der Waals surface area contributed by atoms with Gasteiger partial charge >= 0.3 is 0 Å². The Balaban J connectivity index is 1.86. The topological polar surface area (TPSA) is 44.0 Å². The van der Waals surface area contributed by atoms with E-state index in [1.807, 2.05) is 30.3 Å². The summed E-state index contributed by atoms with van der Waals surface area (Å²) < 4.78 is 14.5. The second-order valence-electron chi connectivity index (χ2n) is 7.07. The zero-order chi connectivity index (χ0) is 16.7. The van der Waals surface area contributed by atoms with E-state index in [1.165, 1.54) is 6.07 Å². The summed E-state index contributed by atoms with van der Waals surface area (Å²) in [6.45, 7) is 3.53. The molecule has 0 saturated heterocycles. The van der Waals surface area contributed by atoms with Crippen molar-refractivity contribution in [1.82, 2.24) is 0 Å². The molecule has 0 atom stereocenters. The van der Waals surface area contributed by atoms with E-state index in [0.717, 1.165) is 29.5 Å². The maximum Gasteiger partial charge on any atom is 0.131 e. The SMILES string of the molecule is CC(C)(O)Cc1ccc(-c2ccc(C3(C#N)CC3)cc2F)cc1. The van der Waals surface area contributed by atoms with Crippen molar-refractivity contribution < 1.29 is 9.50 Å². The van der Waals surface area contributed by atoms with E-state index in [-0.39, 0.29) is 5.82 Å². The fraction of sp³-hybridized carbons (Fsp3) is 0.350. The minimum absolute atomic E-state index is 0.292. The number of hydrogen-bond acceptors (Lipinski definition) is 2. The molecule has 0 amide bonds. The number of hydrogen-bond donors (Lipinski definition) is 1. The molecule has 1 saturated carbocycles. The largest absolute Gasteiger partial charge is 0.390 e. The van der Waals surface area contributed by atoms with Gasteiger partial charge in [0.1, 0.15) is 5.82 Å². The van der Waals surface area contributed by atoms with Crippen LogP contribution in [0.4, 0.5) is 4.39 Å². The van der Waals surface area contributed by atoms with Crippen LogP contribution in [0.15, 0.2) is 42.5 Å². The van der Waals surface area contributed by atoms with E-state index >= 15 is 0 Å². The first-order valence-electron chi connectivity index (χ1n) is 7.86. The fourth-order valence-electron chi connectivity index (χ4n) is 2.94. The highest BCUT2D eigenvalue weighted by Gasteiger charge is 2.45. The molecular weight excluding hydrogens is 289 g/mol. The Hall–Kier alpha value is -2.18. The molecule has 1 N–H and O–H groups in total. The van der Waals surface area contributed by atoms with Crippen molar-refractivity contribution in [2.45, 2.75) is 44.1 Å². The van der Waals surface area contributed by atoms with Gasteiger partial charge in [-0.2, -0.15) is 5.26 Å². The summed E-state index contributed by atoms with van der Waals surface area (Å²) in [6.07, 6.45) is 2.18. The second kappa shape index (κ2) is 5.47. The van der Waals surface area contributed by atoms with Crippen molar-refractivity contribution in [1.29, 1.82) is 5.26 Å². The normalized spacial score (nSPS) is 16.0. The molecule has 2 nitrogen and oxygen atoms in total. The van der Waals surface area contributed by atoms with Crippen LogP contribution in [-0.2, 0) is 11.8 Å². The molecule has 0 aromatic heterocycles. The number of benzene rings is 2. The van der Waals surface area contributed by atoms with Crippen LogP contribution in [0.3, 0.4) is 0 Å². The number of aliphatic hydroxyl groups is 1. The summed E-state index contributed by atoms with van der Waals surface area (Å²) in [6, 6.07) is 15.0. The Kier molecular flexibility index (Phi) is 3.74. The van der Waals surface area contributed by atoms with Gasteiger partial charge in [0.25, 0.3) is 0 Å². The molecule has 0 heterocycles. The van der Waals surface area contributed by atoms with E-state index in [0.29, 0.717) is 12.0 Å². The average molecular weight is 309 g/mol. The van der Waals surface area contributed by atoms with E-state index in [9.17, 15) is 14.8 Å². The van der Waals surface area contributed by atoms with Crippen molar-refractivity contribution in [3.63, 3.8) is 0 Å². The predicted octanol–water partition coefficient (Wildman–Crippen LogP) is 4.36. The van der Waals surface area contributed by atoms with Gasteiger partial charge in [-0.15, -0.1) is 0 Å². The van der Waals surface area contributed by atoms with Gasteiger partial charge in [0.15, 0.2) is 0 Å². The molecule has 3 rings (SSSR count). The predicted molar refractivity (Wildman–Crippen MR) is 88.4 cm³/mol. The standard InChI is InChI=1S/C20H20FNO/c1-19(2,23)12-14-3-5-15(6-4-14)17-8-7-16(11-18(17)21)20(13-22)9-10-20/h3-8,11,23H,9-10,12H2,1-2H3. The highest BCUT2D eigenvalue weighted by atomic mass is 19.1. The maximum atomic E-state index is 14.5. The van der Waals surface area contributed by atoms with Crippen LogP contribution in [0, 0.1) is 17.1 Å². The summed E-state index contributed by atoms with van der Waals surface area (Å²) in [5.41, 5.74) is 1.91. The molecule has 1 aliphatic rings. The first-order valence-corrected chi connectivity index (χ1v) is 7.86. The average Bonchev–Trinajstić information content (AvgIpc) is 3.28. The summed E-state index contributed by atoms with van der Waals surface area (Å²) in [4.78, 5) is 0. The van der Waals surface area contributed by atoms with E-state index < -0.39 is 11.0 Å². The lowest BCUT2D eigenvalue weighted by Crippen LogP contribution is -2.21. The van der Waals surface area contributed by atoms with Gasteiger partial charge in [-0.25, -0.2) is 4.39 Å². The fourth-order valence-corrected chi connectivity index (χ4v) is 2.94. The molecule has 0 unspecified atom stereocenters.